The van der Waals surface area contributed by atoms with Crippen molar-refractivity contribution in [3.8, 4) is 0 Å². The van der Waals surface area contributed by atoms with Crippen molar-refractivity contribution in [3.63, 3.8) is 0 Å². The molecule has 0 heterocycles. The third kappa shape index (κ3) is 1.89. The van der Waals surface area contributed by atoms with Gasteiger partial charge >= 0.3 is 107 Å². The Balaban J connectivity index is 5.95. The van der Waals surface area contributed by atoms with Gasteiger partial charge in [0.2, 0.25) is 0 Å². The summed E-state index contributed by atoms with van der Waals surface area (Å²) in [4.78, 5) is 0. The Morgan fingerprint density at radius 3 is 1.07 bits per heavy atom. The van der Waals surface area contributed by atoms with Crippen LogP contribution in [0.25, 0.3) is 0 Å². The van der Waals surface area contributed by atoms with Crippen LogP contribution in [0.1, 0.15) is 0 Å². The van der Waals surface area contributed by atoms with Crippen LogP contribution in [0.2, 0.25) is 0 Å². The minimum atomic E-state index is -3.82. The van der Waals surface area contributed by atoms with E-state index in [0.717, 1.165) is 0 Å². The fourth-order valence-electron chi connectivity index (χ4n) is 1.75. The molecule has 0 fully saturated rings. The molecule has 3 nitrogen and oxygen atoms in total. The summed E-state index contributed by atoms with van der Waals surface area (Å²) >= 11 is 5.83. The normalized spacial score (nSPS) is 17.3. The first kappa shape index (κ1) is 16.1. The Labute approximate surface area is 107 Å². The van der Waals surface area contributed by atoms with Crippen molar-refractivity contribution in [2.24, 2.45) is 0 Å². The zero-order valence-electron chi connectivity index (χ0n) is 9.80. The first-order valence-corrected chi connectivity index (χ1v) is 9.15. The van der Waals surface area contributed by atoms with Crippen molar-refractivity contribution in [2.75, 3.05) is 42.3 Å². The second-order valence-corrected chi connectivity index (χ2v) is 14.1. The Morgan fingerprint density at radius 2 is 1.07 bits per heavy atom. The van der Waals surface area contributed by atoms with Gasteiger partial charge in [0, 0.05) is 0 Å². The Hall–Kier alpha value is 1.13. The van der Waals surface area contributed by atoms with Gasteiger partial charge in [0.25, 0.3) is 0 Å². The monoisotopic (exact) mass is 371 g/mol. The molecule has 0 aromatic heterocycles. The average molecular weight is 373 g/mol. The Bertz CT molecular complexity index is 218. The van der Waals surface area contributed by atoms with E-state index >= 15 is 0 Å². The summed E-state index contributed by atoms with van der Waals surface area (Å²) in [6.07, 6.45) is 0. The van der Waals surface area contributed by atoms with Crippen LogP contribution in [-0.4, -0.2) is 60.9 Å². The van der Waals surface area contributed by atoms with Crippen molar-refractivity contribution in [2.45, 2.75) is 4.57 Å². The summed E-state index contributed by atoms with van der Waals surface area (Å²) in [5.41, 5.74) is 0. The third-order valence-corrected chi connectivity index (χ3v) is 18.1. The number of hydrogen-bond donors (Lipinski definition) is 0. The van der Waals surface area contributed by atoms with Gasteiger partial charge in [-0.3, -0.25) is 0 Å². The second kappa shape index (κ2) is 4.42. The van der Waals surface area contributed by atoms with Crippen molar-refractivity contribution < 1.29 is 8.78 Å². The van der Waals surface area contributed by atoms with Crippen molar-refractivity contribution in [1.29, 1.82) is 0 Å². The standard InChI is InChI=1S/C7H18Br2F2N3P/c1-12(2)15(9,13(3)4,14(5)6)7(8,10)11/h1-6H3. The molecule has 0 aliphatic heterocycles. The average Bonchev–Trinajstić information content (AvgIpc) is 1.98. The van der Waals surface area contributed by atoms with E-state index in [4.69, 9.17) is 0 Å². The van der Waals surface area contributed by atoms with Gasteiger partial charge in [-0.25, -0.2) is 0 Å². The molecule has 0 saturated heterocycles. The van der Waals surface area contributed by atoms with Crippen LogP contribution in [0.15, 0.2) is 0 Å². The van der Waals surface area contributed by atoms with E-state index < -0.39 is 10.3 Å². The number of rotatable bonds is 4. The molecular weight excluding hydrogens is 355 g/mol. The molecule has 0 unspecified atom stereocenters. The van der Waals surface area contributed by atoms with E-state index in [0.29, 0.717) is 0 Å². The summed E-state index contributed by atoms with van der Waals surface area (Å²) in [5.74, 6) is -3.82. The van der Waals surface area contributed by atoms with Gasteiger partial charge in [-0.05, 0) is 0 Å². The molecule has 15 heavy (non-hydrogen) atoms. The molecule has 0 bridgehead atoms. The van der Waals surface area contributed by atoms with Crippen LogP contribution >= 0.6 is 37.2 Å². The fourth-order valence-corrected chi connectivity index (χ4v) is 8.12. The van der Waals surface area contributed by atoms with Crippen LogP contribution in [0.5, 0.6) is 0 Å². The predicted molar refractivity (Wildman–Crippen MR) is 70.8 cm³/mol. The van der Waals surface area contributed by atoms with Gasteiger partial charge in [0.15, 0.2) is 0 Å². The van der Waals surface area contributed by atoms with E-state index in [2.05, 4.69) is 31.4 Å². The molecule has 0 saturated carbocycles. The topological polar surface area (TPSA) is 9.72 Å². The van der Waals surface area contributed by atoms with Crippen molar-refractivity contribution >= 4 is 37.2 Å². The van der Waals surface area contributed by atoms with Gasteiger partial charge in [-0.15, -0.1) is 0 Å². The molecule has 0 radical (unpaired) electrons. The molecule has 0 aliphatic carbocycles. The van der Waals surface area contributed by atoms with Gasteiger partial charge in [-0.2, -0.15) is 0 Å². The number of halogens is 4. The molecule has 94 valence electrons. The van der Waals surface area contributed by atoms with Crippen molar-refractivity contribution in [1.82, 2.24) is 14.0 Å². The molecule has 0 rings (SSSR count). The maximum absolute atomic E-state index is 14.0. The van der Waals surface area contributed by atoms with E-state index in [1.54, 1.807) is 56.3 Å². The summed E-state index contributed by atoms with van der Waals surface area (Å²) in [5, 5.41) is 0. The fraction of sp³-hybridized carbons (Fsp3) is 1.00. The van der Waals surface area contributed by atoms with Crippen LogP contribution in [-0.2, 0) is 0 Å². The summed E-state index contributed by atoms with van der Waals surface area (Å²) in [6.45, 7) is 0. The first-order chi connectivity index (χ1) is 6.41. The number of alkyl halides is 3. The van der Waals surface area contributed by atoms with Gasteiger partial charge in [0.05, 0.1) is 0 Å². The predicted octanol–water partition coefficient (Wildman–Crippen LogP) is 3.22. The second-order valence-electron chi connectivity index (χ2n) is 3.89. The van der Waals surface area contributed by atoms with Gasteiger partial charge < -0.3 is 0 Å². The van der Waals surface area contributed by atoms with Gasteiger partial charge in [0.1, 0.15) is 0 Å². The van der Waals surface area contributed by atoms with E-state index in [1.165, 1.54) is 0 Å². The van der Waals surface area contributed by atoms with Crippen LogP contribution in [0, 0.1) is 0 Å². The van der Waals surface area contributed by atoms with Crippen molar-refractivity contribution in [3.05, 3.63) is 0 Å². The molecule has 0 atom stereocenters. The van der Waals surface area contributed by atoms with E-state index in [1.807, 2.05) is 0 Å². The zero-order valence-corrected chi connectivity index (χ0v) is 13.9. The van der Waals surface area contributed by atoms with E-state index in [9.17, 15) is 8.78 Å². The molecule has 0 aromatic carbocycles. The summed E-state index contributed by atoms with van der Waals surface area (Å²) < 4.78 is 29.5. The van der Waals surface area contributed by atoms with E-state index in [-0.39, 0.29) is 0 Å². The first-order valence-electron chi connectivity index (χ1n) is 4.24. The number of hydrogen-bond acceptors (Lipinski definition) is 3. The maximum atomic E-state index is 14.0. The molecule has 0 aromatic rings. The molecule has 0 aliphatic rings. The molecule has 0 spiro atoms. The van der Waals surface area contributed by atoms with Crippen LogP contribution < -0.4 is 0 Å². The minimum absolute atomic E-state index is 1.54. The SMILES string of the molecule is CN(C)P(Br)(N(C)C)(N(C)C)C(F)(F)Br. The molecule has 8 heteroatoms. The van der Waals surface area contributed by atoms with Crippen LogP contribution in [0.4, 0.5) is 8.78 Å². The van der Waals surface area contributed by atoms with Crippen LogP contribution in [0.3, 0.4) is 0 Å². The quantitative estimate of drug-likeness (QED) is 0.554. The third-order valence-electron chi connectivity index (χ3n) is 2.56. The zero-order chi connectivity index (χ0) is 12.7. The summed E-state index contributed by atoms with van der Waals surface area (Å²) in [7, 11) is 9.84. The summed E-state index contributed by atoms with van der Waals surface area (Å²) in [6, 6.07) is 0. The molecule has 0 N–H and O–H groups in total. The molecule has 0 amide bonds. The number of nitrogens with zero attached hydrogens (tertiary/aromatic N) is 3. The Morgan fingerprint density at radius 1 is 0.867 bits per heavy atom. The molecular formula is C7H18Br2F2N3P. The Kier molecular flexibility index (Phi) is 4.76. The van der Waals surface area contributed by atoms with Gasteiger partial charge in [-0.1, -0.05) is 0 Å².